The third-order valence-electron chi connectivity index (χ3n) is 3.30. The van der Waals surface area contributed by atoms with Crippen LogP contribution in [0.4, 0.5) is 5.69 Å². The molecule has 25 heavy (non-hydrogen) atoms. The van der Waals surface area contributed by atoms with E-state index in [0.29, 0.717) is 5.56 Å². The summed E-state index contributed by atoms with van der Waals surface area (Å²) in [7, 11) is -3.64. The smallest absolute Gasteiger partial charge is 0.457 e. The number of esters is 1. The topological polar surface area (TPSA) is 150 Å². The fraction of sp³-hybridized carbons (Fsp3) is 0.0714. The molecule has 0 aliphatic carbocycles. The molecule has 0 bridgehead atoms. The number of nitro groups is 1. The lowest BCUT2D eigenvalue weighted by Gasteiger charge is -2.08. The lowest BCUT2D eigenvalue weighted by atomic mass is 9.79. The lowest BCUT2D eigenvalue weighted by molar-refractivity contribution is -0.384. The van der Waals surface area contributed by atoms with E-state index in [1.807, 2.05) is 0 Å². The van der Waals surface area contributed by atoms with Crippen molar-refractivity contribution in [3.05, 3.63) is 63.7 Å². The standard InChI is InChI=1S/C14H13B2NO8/c18-14(25-8-9-2-1-3-11(4-9)15(19)20)10-5-12(16(21)22)7-13(6-10)17(23)24/h1-7,19-22H,8H2. The zero-order chi connectivity index (χ0) is 18.6. The molecule has 0 atom stereocenters. The summed E-state index contributed by atoms with van der Waals surface area (Å²) < 4.78 is 5.03. The van der Waals surface area contributed by atoms with Gasteiger partial charge in [0.1, 0.15) is 6.61 Å². The molecule has 2 aromatic carbocycles. The maximum atomic E-state index is 12.1. The van der Waals surface area contributed by atoms with Crippen molar-refractivity contribution in [1.29, 1.82) is 0 Å². The SMILES string of the molecule is O=C(OCc1cccc(B(O)O)c1)c1cc(B(O)O)cc([N+](=O)[O-])c1. The highest BCUT2D eigenvalue weighted by Gasteiger charge is 2.21. The maximum absolute atomic E-state index is 12.1. The first-order valence-electron chi connectivity index (χ1n) is 7.05. The number of non-ortho nitro benzene ring substituents is 1. The van der Waals surface area contributed by atoms with Crippen molar-refractivity contribution in [2.75, 3.05) is 0 Å². The van der Waals surface area contributed by atoms with Gasteiger partial charge in [0, 0.05) is 12.1 Å². The minimum Gasteiger partial charge on any atom is -0.457 e. The minimum absolute atomic E-state index is 0.209. The molecule has 2 aromatic rings. The van der Waals surface area contributed by atoms with E-state index < -0.39 is 30.8 Å². The number of ether oxygens (including phenoxy) is 1. The Hall–Kier alpha value is -2.72. The second-order valence-corrected chi connectivity index (χ2v) is 5.14. The van der Waals surface area contributed by atoms with Crippen LogP contribution in [0, 0.1) is 10.1 Å². The Morgan fingerprint density at radius 1 is 1.04 bits per heavy atom. The summed E-state index contributed by atoms with van der Waals surface area (Å²) in [6, 6.07) is 9.02. The highest BCUT2D eigenvalue weighted by atomic mass is 16.6. The quantitative estimate of drug-likeness (QED) is 0.210. The Balaban J connectivity index is 2.18. The Bertz CT molecular complexity index is 796. The van der Waals surface area contributed by atoms with Crippen LogP contribution in [0.1, 0.15) is 15.9 Å². The third-order valence-corrected chi connectivity index (χ3v) is 3.30. The van der Waals surface area contributed by atoms with Gasteiger partial charge in [-0.1, -0.05) is 24.3 Å². The molecule has 0 saturated carbocycles. The Kier molecular flexibility index (Phi) is 5.88. The molecule has 0 heterocycles. The first-order valence-corrected chi connectivity index (χ1v) is 7.05. The van der Waals surface area contributed by atoms with E-state index in [-0.39, 0.29) is 23.1 Å². The van der Waals surface area contributed by atoms with E-state index >= 15 is 0 Å². The van der Waals surface area contributed by atoms with Gasteiger partial charge in [0.25, 0.3) is 5.69 Å². The molecule has 0 amide bonds. The van der Waals surface area contributed by atoms with Gasteiger partial charge >= 0.3 is 20.2 Å². The zero-order valence-corrected chi connectivity index (χ0v) is 12.8. The first-order chi connectivity index (χ1) is 11.8. The number of nitrogens with zero attached hydrogens (tertiary/aromatic N) is 1. The largest absolute Gasteiger partial charge is 0.488 e. The zero-order valence-electron chi connectivity index (χ0n) is 12.8. The Labute approximate surface area is 142 Å². The number of hydrogen-bond acceptors (Lipinski definition) is 8. The third kappa shape index (κ3) is 4.88. The molecule has 0 aliphatic heterocycles. The maximum Gasteiger partial charge on any atom is 0.488 e. The normalized spacial score (nSPS) is 10.2. The summed E-state index contributed by atoms with van der Waals surface area (Å²) in [5.74, 6) is -0.902. The predicted molar refractivity (Wildman–Crippen MR) is 88.3 cm³/mol. The average molecular weight is 345 g/mol. The number of benzene rings is 2. The molecule has 2 rings (SSSR count). The Morgan fingerprint density at radius 3 is 2.32 bits per heavy atom. The van der Waals surface area contributed by atoms with E-state index in [4.69, 9.17) is 24.8 Å². The molecule has 0 spiro atoms. The van der Waals surface area contributed by atoms with E-state index in [0.717, 1.165) is 18.2 Å². The summed E-state index contributed by atoms with van der Waals surface area (Å²) in [5.41, 5.74) is -0.216. The highest BCUT2D eigenvalue weighted by molar-refractivity contribution is 6.59. The average Bonchev–Trinajstić information content (AvgIpc) is 2.59. The van der Waals surface area contributed by atoms with E-state index in [9.17, 15) is 14.9 Å². The molecule has 0 aliphatic rings. The molecule has 0 fully saturated rings. The number of carbonyl (C=O) groups is 1. The van der Waals surface area contributed by atoms with Crippen LogP contribution < -0.4 is 10.9 Å². The van der Waals surface area contributed by atoms with E-state index in [1.54, 1.807) is 12.1 Å². The molecule has 0 saturated heterocycles. The first kappa shape index (κ1) is 18.6. The van der Waals surface area contributed by atoms with Crippen LogP contribution in [0.2, 0.25) is 0 Å². The number of carbonyl (C=O) groups excluding carboxylic acids is 1. The van der Waals surface area contributed by atoms with Gasteiger partial charge < -0.3 is 24.8 Å². The lowest BCUT2D eigenvalue weighted by Crippen LogP contribution is -2.31. The van der Waals surface area contributed by atoms with E-state index in [2.05, 4.69) is 0 Å². The van der Waals surface area contributed by atoms with Gasteiger partial charge in [-0.15, -0.1) is 0 Å². The summed E-state index contributed by atoms with van der Waals surface area (Å²) in [6.07, 6.45) is 0. The summed E-state index contributed by atoms with van der Waals surface area (Å²) in [6.45, 7) is -0.209. The van der Waals surface area contributed by atoms with Crippen molar-refractivity contribution >= 4 is 36.8 Å². The van der Waals surface area contributed by atoms with Crippen LogP contribution in [-0.2, 0) is 11.3 Å². The highest BCUT2D eigenvalue weighted by Crippen LogP contribution is 2.14. The van der Waals surface area contributed by atoms with Gasteiger partial charge in [-0.25, -0.2) is 4.79 Å². The molecule has 128 valence electrons. The number of rotatable bonds is 6. The van der Waals surface area contributed by atoms with Gasteiger partial charge in [-0.2, -0.15) is 0 Å². The fourth-order valence-electron chi connectivity index (χ4n) is 2.08. The summed E-state index contributed by atoms with van der Waals surface area (Å²) in [4.78, 5) is 22.2. The molecule has 0 aromatic heterocycles. The van der Waals surface area contributed by atoms with E-state index in [1.165, 1.54) is 12.1 Å². The molecule has 11 heteroatoms. The van der Waals surface area contributed by atoms with Crippen LogP contribution in [0.3, 0.4) is 0 Å². The molecule has 9 nitrogen and oxygen atoms in total. The molecule has 4 N–H and O–H groups in total. The van der Waals surface area contributed by atoms with Crippen LogP contribution in [0.25, 0.3) is 0 Å². The minimum atomic E-state index is -1.98. The second kappa shape index (κ2) is 7.90. The summed E-state index contributed by atoms with van der Waals surface area (Å²) >= 11 is 0. The summed E-state index contributed by atoms with van der Waals surface area (Å²) in [5, 5.41) is 47.4. The predicted octanol–water partition coefficient (Wildman–Crippen LogP) is -1.69. The van der Waals surface area contributed by atoms with Gasteiger partial charge in [0.05, 0.1) is 10.5 Å². The molecule has 0 radical (unpaired) electrons. The van der Waals surface area contributed by atoms with Crippen molar-refractivity contribution in [3.8, 4) is 0 Å². The number of hydrogen-bond donors (Lipinski definition) is 4. The van der Waals surface area contributed by atoms with Crippen molar-refractivity contribution in [2.45, 2.75) is 6.61 Å². The molecule has 0 unspecified atom stereocenters. The van der Waals surface area contributed by atoms with Crippen molar-refractivity contribution < 1.29 is 34.6 Å². The Morgan fingerprint density at radius 2 is 1.72 bits per heavy atom. The number of nitro benzene ring substituents is 1. The van der Waals surface area contributed by atoms with Gasteiger partial charge in [-0.05, 0) is 22.6 Å². The van der Waals surface area contributed by atoms with Crippen LogP contribution in [-0.4, -0.2) is 45.2 Å². The molecular formula is C14H13B2NO8. The van der Waals surface area contributed by atoms with Gasteiger partial charge in [0.15, 0.2) is 0 Å². The monoisotopic (exact) mass is 345 g/mol. The van der Waals surface area contributed by atoms with Crippen LogP contribution in [0.15, 0.2) is 42.5 Å². The van der Waals surface area contributed by atoms with Crippen molar-refractivity contribution in [1.82, 2.24) is 0 Å². The van der Waals surface area contributed by atoms with Crippen molar-refractivity contribution in [3.63, 3.8) is 0 Å². The van der Waals surface area contributed by atoms with Crippen LogP contribution in [0.5, 0.6) is 0 Å². The van der Waals surface area contributed by atoms with Crippen molar-refractivity contribution in [2.24, 2.45) is 0 Å². The van der Waals surface area contributed by atoms with Gasteiger partial charge in [0.2, 0.25) is 0 Å². The second-order valence-electron chi connectivity index (χ2n) is 5.14. The molecular weight excluding hydrogens is 332 g/mol. The van der Waals surface area contributed by atoms with Crippen LogP contribution >= 0.6 is 0 Å². The van der Waals surface area contributed by atoms with Gasteiger partial charge in [-0.3, -0.25) is 10.1 Å². The fourth-order valence-corrected chi connectivity index (χ4v) is 2.08.